The summed E-state index contributed by atoms with van der Waals surface area (Å²) >= 11 is 1.50. The van der Waals surface area contributed by atoms with Crippen LogP contribution in [0.4, 0.5) is 24.8 Å². The van der Waals surface area contributed by atoms with E-state index in [0.717, 1.165) is 34.1 Å². The van der Waals surface area contributed by atoms with Gasteiger partial charge in [-0.1, -0.05) is 12.1 Å². The molecule has 3 aromatic rings. The number of thiazole rings is 1. The third-order valence-electron chi connectivity index (χ3n) is 4.49. The van der Waals surface area contributed by atoms with E-state index in [2.05, 4.69) is 25.6 Å². The fourth-order valence-corrected chi connectivity index (χ4v) is 4.04. The molecule has 2 N–H and O–H groups in total. The SMILES string of the molecule is O=C1NCCC1Cc1ncc(-c2cccc(Nc3nccc(C(F)(F)F)n3)c2)s1. The first-order valence-electron chi connectivity index (χ1n) is 8.88. The largest absolute Gasteiger partial charge is 0.433 e. The number of halogens is 3. The van der Waals surface area contributed by atoms with E-state index in [1.165, 1.54) is 11.3 Å². The van der Waals surface area contributed by atoms with E-state index in [1.54, 1.807) is 24.4 Å². The quantitative estimate of drug-likeness (QED) is 0.653. The van der Waals surface area contributed by atoms with E-state index in [9.17, 15) is 18.0 Å². The van der Waals surface area contributed by atoms with Crippen LogP contribution in [0.1, 0.15) is 17.1 Å². The number of amides is 1. The molecule has 4 rings (SSSR count). The topological polar surface area (TPSA) is 79.8 Å². The van der Waals surface area contributed by atoms with E-state index in [4.69, 9.17) is 0 Å². The number of hydrogen-bond acceptors (Lipinski definition) is 6. The monoisotopic (exact) mass is 419 g/mol. The van der Waals surface area contributed by atoms with Gasteiger partial charge in [0.15, 0.2) is 0 Å². The molecule has 0 saturated carbocycles. The number of carbonyl (C=O) groups is 1. The molecule has 3 heterocycles. The van der Waals surface area contributed by atoms with E-state index in [0.29, 0.717) is 18.7 Å². The molecule has 150 valence electrons. The lowest BCUT2D eigenvalue weighted by Crippen LogP contribution is -2.20. The highest BCUT2D eigenvalue weighted by Gasteiger charge is 2.32. The summed E-state index contributed by atoms with van der Waals surface area (Å²) in [4.78, 5) is 24.4. The fraction of sp³-hybridized carbons (Fsp3) is 0.263. The number of alkyl halides is 3. The van der Waals surface area contributed by atoms with Gasteiger partial charge in [0.2, 0.25) is 11.9 Å². The Hall–Kier alpha value is -3.01. The molecule has 0 radical (unpaired) electrons. The zero-order chi connectivity index (χ0) is 20.4. The first kappa shape index (κ1) is 19.3. The minimum atomic E-state index is -4.53. The van der Waals surface area contributed by atoms with Crippen molar-refractivity contribution in [1.82, 2.24) is 20.3 Å². The van der Waals surface area contributed by atoms with Gasteiger partial charge in [0, 0.05) is 37.0 Å². The Kier molecular flexibility index (Phi) is 5.18. The van der Waals surface area contributed by atoms with Gasteiger partial charge in [0.1, 0.15) is 5.69 Å². The Morgan fingerprint density at radius 3 is 2.86 bits per heavy atom. The summed E-state index contributed by atoms with van der Waals surface area (Å²) in [5.74, 6) is -0.108. The van der Waals surface area contributed by atoms with Gasteiger partial charge in [-0.15, -0.1) is 11.3 Å². The molecule has 0 aliphatic carbocycles. The highest BCUT2D eigenvalue weighted by molar-refractivity contribution is 7.15. The minimum absolute atomic E-state index is 0.0416. The van der Waals surface area contributed by atoms with Gasteiger partial charge in [0.25, 0.3) is 0 Å². The minimum Gasteiger partial charge on any atom is -0.356 e. The second kappa shape index (κ2) is 7.78. The van der Waals surface area contributed by atoms with Crippen LogP contribution in [0.2, 0.25) is 0 Å². The summed E-state index contributed by atoms with van der Waals surface area (Å²) in [5, 5.41) is 6.50. The second-order valence-electron chi connectivity index (χ2n) is 6.57. The Morgan fingerprint density at radius 2 is 2.10 bits per heavy atom. The van der Waals surface area contributed by atoms with Crippen molar-refractivity contribution >= 4 is 28.9 Å². The van der Waals surface area contributed by atoms with Gasteiger partial charge in [-0.25, -0.2) is 15.0 Å². The fourth-order valence-electron chi connectivity index (χ4n) is 3.04. The maximum Gasteiger partial charge on any atom is 0.433 e. The molecule has 6 nitrogen and oxygen atoms in total. The molecule has 1 unspecified atom stereocenters. The van der Waals surface area contributed by atoms with Crippen molar-refractivity contribution in [2.75, 3.05) is 11.9 Å². The maximum absolute atomic E-state index is 12.8. The van der Waals surface area contributed by atoms with Gasteiger partial charge in [-0.2, -0.15) is 13.2 Å². The van der Waals surface area contributed by atoms with Crippen molar-refractivity contribution in [2.45, 2.75) is 19.0 Å². The number of hydrogen-bond donors (Lipinski definition) is 2. The predicted octanol–water partition coefficient (Wildman–Crippen LogP) is 4.04. The smallest absolute Gasteiger partial charge is 0.356 e. The number of rotatable bonds is 5. The number of nitrogens with zero attached hydrogens (tertiary/aromatic N) is 3. The van der Waals surface area contributed by atoms with Crippen molar-refractivity contribution in [3.05, 3.63) is 53.4 Å². The van der Waals surface area contributed by atoms with Crippen molar-refractivity contribution in [3.63, 3.8) is 0 Å². The van der Waals surface area contributed by atoms with Gasteiger partial charge in [-0.3, -0.25) is 4.79 Å². The molecule has 10 heteroatoms. The van der Waals surface area contributed by atoms with Crippen molar-refractivity contribution in [1.29, 1.82) is 0 Å². The third kappa shape index (κ3) is 4.53. The Bertz CT molecular complexity index is 1040. The summed E-state index contributed by atoms with van der Waals surface area (Å²) in [6.07, 6.45) is -0.309. The molecule has 1 aliphatic rings. The average molecular weight is 419 g/mol. The van der Waals surface area contributed by atoms with E-state index in [1.807, 2.05) is 6.07 Å². The van der Waals surface area contributed by atoms with E-state index in [-0.39, 0.29) is 17.8 Å². The Morgan fingerprint density at radius 1 is 1.24 bits per heavy atom. The normalized spacial score (nSPS) is 16.7. The molecular formula is C19H16F3N5OS. The molecule has 1 aliphatic heterocycles. The van der Waals surface area contributed by atoms with Crippen molar-refractivity contribution in [3.8, 4) is 10.4 Å². The van der Waals surface area contributed by atoms with Crippen LogP contribution in [-0.4, -0.2) is 27.4 Å². The average Bonchev–Trinajstić information content (AvgIpc) is 3.31. The summed E-state index contributed by atoms with van der Waals surface area (Å²) in [7, 11) is 0. The number of benzene rings is 1. The van der Waals surface area contributed by atoms with Crippen LogP contribution in [0.3, 0.4) is 0 Å². The lowest BCUT2D eigenvalue weighted by Gasteiger charge is -2.09. The number of nitrogens with one attached hydrogen (secondary N) is 2. The third-order valence-corrected chi connectivity index (χ3v) is 5.56. The van der Waals surface area contributed by atoms with Crippen LogP contribution >= 0.6 is 11.3 Å². The Balaban J connectivity index is 1.50. The lowest BCUT2D eigenvalue weighted by atomic mass is 10.1. The Labute approximate surface area is 168 Å². The molecule has 29 heavy (non-hydrogen) atoms. The van der Waals surface area contributed by atoms with Crippen LogP contribution < -0.4 is 10.6 Å². The van der Waals surface area contributed by atoms with E-state index < -0.39 is 11.9 Å². The van der Waals surface area contributed by atoms with Gasteiger partial charge in [-0.05, 0) is 30.2 Å². The van der Waals surface area contributed by atoms with Crippen LogP contribution in [0, 0.1) is 5.92 Å². The highest BCUT2D eigenvalue weighted by Crippen LogP contribution is 2.31. The molecule has 0 bridgehead atoms. The molecule has 1 fully saturated rings. The maximum atomic E-state index is 12.8. The van der Waals surface area contributed by atoms with E-state index >= 15 is 0 Å². The molecule has 1 saturated heterocycles. The number of aromatic nitrogens is 3. The molecular weight excluding hydrogens is 403 g/mol. The van der Waals surface area contributed by atoms with Crippen LogP contribution in [0.15, 0.2) is 42.7 Å². The van der Waals surface area contributed by atoms with Crippen LogP contribution in [0.25, 0.3) is 10.4 Å². The van der Waals surface area contributed by atoms with Gasteiger partial charge in [0.05, 0.1) is 9.88 Å². The molecule has 0 spiro atoms. The van der Waals surface area contributed by atoms with Gasteiger partial charge < -0.3 is 10.6 Å². The highest BCUT2D eigenvalue weighted by atomic mass is 32.1. The summed E-state index contributed by atoms with van der Waals surface area (Å²) in [5.41, 5.74) is 0.419. The first-order chi connectivity index (χ1) is 13.9. The number of anilines is 2. The lowest BCUT2D eigenvalue weighted by molar-refractivity contribution is -0.141. The molecule has 1 amide bonds. The van der Waals surface area contributed by atoms with Crippen molar-refractivity contribution < 1.29 is 18.0 Å². The second-order valence-corrected chi connectivity index (χ2v) is 7.68. The zero-order valence-corrected chi connectivity index (χ0v) is 15.8. The van der Waals surface area contributed by atoms with Crippen molar-refractivity contribution in [2.24, 2.45) is 5.92 Å². The molecule has 1 aromatic carbocycles. The summed E-state index contributed by atoms with van der Waals surface area (Å²) < 4.78 is 38.4. The van der Waals surface area contributed by atoms with Crippen LogP contribution in [0.5, 0.6) is 0 Å². The predicted molar refractivity (Wildman–Crippen MR) is 103 cm³/mol. The zero-order valence-electron chi connectivity index (χ0n) is 15.0. The first-order valence-corrected chi connectivity index (χ1v) is 9.70. The molecule has 2 aromatic heterocycles. The summed E-state index contributed by atoms with van der Waals surface area (Å²) in [6.45, 7) is 0.701. The standard InChI is InChI=1S/C19H16F3N5OS/c20-19(21,22)15-5-7-24-18(27-15)26-13-3-1-2-11(8-13)14-10-25-16(29-14)9-12-4-6-23-17(12)28/h1-3,5,7-8,10,12H,4,6,9H2,(H,23,28)(H,24,26,27). The number of carbonyl (C=O) groups excluding carboxylic acids is 1. The summed E-state index contributed by atoms with van der Waals surface area (Å²) in [6, 6.07) is 8.01. The van der Waals surface area contributed by atoms with Gasteiger partial charge >= 0.3 is 6.18 Å². The van der Waals surface area contributed by atoms with Crippen LogP contribution in [-0.2, 0) is 17.4 Å². The molecule has 1 atom stereocenters.